The van der Waals surface area contributed by atoms with E-state index < -0.39 is 6.10 Å². The van der Waals surface area contributed by atoms with Gasteiger partial charge in [0.05, 0.1) is 12.6 Å². The molecule has 1 saturated heterocycles. The molecule has 1 aromatic carbocycles. The van der Waals surface area contributed by atoms with Crippen LogP contribution in [0.25, 0.3) is 0 Å². The first-order chi connectivity index (χ1) is 11.6. The van der Waals surface area contributed by atoms with Gasteiger partial charge in [-0.15, -0.1) is 0 Å². The van der Waals surface area contributed by atoms with Gasteiger partial charge in [-0.1, -0.05) is 12.1 Å². The van der Waals surface area contributed by atoms with E-state index in [1.807, 2.05) is 4.68 Å². The highest BCUT2D eigenvalue weighted by molar-refractivity contribution is 5.37. The third-order valence-electron chi connectivity index (χ3n) is 5.03. The van der Waals surface area contributed by atoms with Gasteiger partial charge in [0.15, 0.2) is 0 Å². The number of likely N-dealkylation sites (tertiary alicyclic amines) is 1. The highest BCUT2D eigenvalue weighted by Crippen LogP contribution is 2.22. The first kappa shape index (κ1) is 17.1. The Morgan fingerprint density at radius 1 is 1.17 bits per heavy atom. The Hall–Kier alpha value is -1.76. The third kappa shape index (κ3) is 3.83. The van der Waals surface area contributed by atoms with Crippen LogP contribution in [0.4, 0.5) is 0 Å². The number of aliphatic hydroxyl groups is 2. The molecule has 130 valence electrons. The van der Waals surface area contributed by atoms with Crippen molar-refractivity contribution in [3.8, 4) is 0 Å². The quantitative estimate of drug-likeness (QED) is 0.859. The van der Waals surface area contributed by atoms with Crippen LogP contribution >= 0.6 is 0 Å². The number of nitrogens with zero attached hydrogens (tertiary/aromatic N) is 4. The number of piperidine rings is 1. The van der Waals surface area contributed by atoms with E-state index >= 15 is 0 Å². The molecule has 0 aliphatic carbocycles. The summed E-state index contributed by atoms with van der Waals surface area (Å²) in [6, 6.07) is 4.47. The zero-order valence-electron chi connectivity index (χ0n) is 14.4. The van der Waals surface area contributed by atoms with Crippen LogP contribution < -0.4 is 0 Å². The largest absolute Gasteiger partial charge is 0.396 e. The van der Waals surface area contributed by atoms with E-state index in [0.29, 0.717) is 13.1 Å². The number of aryl methyl sites for hydroxylation is 2. The minimum Gasteiger partial charge on any atom is -0.396 e. The fourth-order valence-corrected chi connectivity index (χ4v) is 3.42. The van der Waals surface area contributed by atoms with Crippen molar-refractivity contribution in [2.45, 2.75) is 39.5 Å². The van der Waals surface area contributed by atoms with Gasteiger partial charge in [-0.05, 0) is 49.1 Å². The number of hydrogen-bond acceptors (Lipinski definition) is 5. The lowest BCUT2D eigenvalue weighted by molar-refractivity contribution is -0.00450. The van der Waals surface area contributed by atoms with Gasteiger partial charge < -0.3 is 10.2 Å². The summed E-state index contributed by atoms with van der Waals surface area (Å²) in [7, 11) is 0. The van der Waals surface area contributed by atoms with Crippen molar-refractivity contribution in [1.82, 2.24) is 19.7 Å². The van der Waals surface area contributed by atoms with Crippen molar-refractivity contribution in [2.24, 2.45) is 5.92 Å². The third-order valence-corrected chi connectivity index (χ3v) is 5.03. The van der Waals surface area contributed by atoms with Crippen LogP contribution in [0.1, 0.15) is 28.7 Å². The minimum atomic E-state index is -0.441. The summed E-state index contributed by atoms with van der Waals surface area (Å²) in [4.78, 5) is 6.27. The number of aromatic nitrogens is 3. The van der Waals surface area contributed by atoms with Gasteiger partial charge in [0.25, 0.3) is 0 Å². The predicted molar refractivity (Wildman–Crippen MR) is 91.5 cm³/mol. The predicted octanol–water partition coefficient (Wildman–Crippen LogP) is 1.12. The van der Waals surface area contributed by atoms with Crippen molar-refractivity contribution in [3.05, 3.63) is 47.0 Å². The topological polar surface area (TPSA) is 74.4 Å². The standard InChI is InChI=1S/C18H26N4O2/c1-13-5-14(2)17(8-22-12-19-11-20-22)6-16(13)7-21-4-3-15(10-23)18(24)9-21/h5-6,11-12,15,18,23-24H,3-4,7-10H2,1-2H3/t15-,18+/m1/s1. The molecule has 0 unspecified atom stereocenters. The molecule has 0 bridgehead atoms. The molecule has 0 radical (unpaired) electrons. The van der Waals surface area contributed by atoms with Crippen LogP contribution in [0.2, 0.25) is 0 Å². The number of hydrogen-bond donors (Lipinski definition) is 2. The van der Waals surface area contributed by atoms with Gasteiger partial charge in [0.2, 0.25) is 0 Å². The van der Waals surface area contributed by atoms with Gasteiger partial charge >= 0.3 is 0 Å². The second-order valence-corrected chi connectivity index (χ2v) is 6.83. The minimum absolute atomic E-state index is 0.0169. The van der Waals surface area contributed by atoms with Crippen LogP contribution in [-0.4, -0.2) is 55.7 Å². The lowest BCUT2D eigenvalue weighted by atomic mass is 9.93. The zero-order valence-corrected chi connectivity index (χ0v) is 14.4. The number of rotatable bonds is 5. The van der Waals surface area contributed by atoms with E-state index in [2.05, 4.69) is 41.0 Å². The van der Waals surface area contributed by atoms with Crippen LogP contribution in [0.3, 0.4) is 0 Å². The van der Waals surface area contributed by atoms with Crippen molar-refractivity contribution >= 4 is 0 Å². The average Bonchev–Trinajstić information content (AvgIpc) is 3.05. The van der Waals surface area contributed by atoms with Crippen LogP contribution in [0.5, 0.6) is 0 Å². The van der Waals surface area contributed by atoms with Gasteiger partial charge in [0, 0.05) is 25.6 Å². The van der Waals surface area contributed by atoms with Crippen molar-refractivity contribution < 1.29 is 10.2 Å². The fourth-order valence-electron chi connectivity index (χ4n) is 3.42. The molecule has 2 heterocycles. The highest BCUT2D eigenvalue weighted by atomic mass is 16.3. The van der Waals surface area contributed by atoms with E-state index in [0.717, 1.165) is 19.5 Å². The molecular weight excluding hydrogens is 304 g/mol. The zero-order chi connectivity index (χ0) is 17.1. The first-order valence-corrected chi connectivity index (χ1v) is 8.49. The molecule has 0 saturated carbocycles. The van der Waals surface area contributed by atoms with Crippen LogP contribution in [-0.2, 0) is 13.1 Å². The molecule has 2 atom stereocenters. The monoisotopic (exact) mass is 330 g/mol. The Kier molecular flexibility index (Phi) is 5.28. The molecule has 6 heteroatoms. The van der Waals surface area contributed by atoms with Crippen LogP contribution in [0.15, 0.2) is 24.8 Å². The number of benzene rings is 1. The summed E-state index contributed by atoms with van der Waals surface area (Å²) >= 11 is 0. The molecule has 0 amide bonds. The van der Waals surface area contributed by atoms with E-state index in [1.54, 1.807) is 12.7 Å². The molecule has 2 N–H and O–H groups in total. The smallest absolute Gasteiger partial charge is 0.137 e. The summed E-state index contributed by atoms with van der Waals surface area (Å²) in [5, 5.41) is 23.6. The molecule has 1 aliphatic heterocycles. The van der Waals surface area contributed by atoms with Crippen molar-refractivity contribution in [2.75, 3.05) is 19.7 Å². The Balaban J connectivity index is 1.73. The second kappa shape index (κ2) is 7.42. The Morgan fingerprint density at radius 3 is 2.54 bits per heavy atom. The van der Waals surface area contributed by atoms with Crippen LogP contribution in [0, 0.1) is 19.8 Å². The maximum absolute atomic E-state index is 10.1. The summed E-state index contributed by atoms with van der Waals surface area (Å²) in [5.74, 6) is 0.0169. The second-order valence-electron chi connectivity index (χ2n) is 6.83. The fraction of sp³-hybridized carbons (Fsp3) is 0.556. The van der Waals surface area contributed by atoms with Gasteiger partial charge in [-0.3, -0.25) is 4.90 Å². The van der Waals surface area contributed by atoms with Gasteiger partial charge in [0.1, 0.15) is 12.7 Å². The van der Waals surface area contributed by atoms with Crippen molar-refractivity contribution in [1.29, 1.82) is 0 Å². The molecule has 6 nitrogen and oxygen atoms in total. The van der Waals surface area contributed by atoms with E-state index in [1.165, 1.54) is 22.3 Å². The molecule has 1 fully saturated rings. The molecule has 0 spiro atoms. The number of aliphatic hydroxyl groups excluding tert-OH is 2. The summed E-state index contributed by atoms with van der Waals surface area (Å²) < 4.78 is 1.83. The van der Waals surface area contributed by atoms with E-state index in [-0.39, 0.29) is 12.5 Å². The molecule has 1 aliphatic rings. The molecular formula is C18H26N4O2. The maximum atomic E-state index is 10.1. The Morgan fingerprint density at radius 2 is 1.92 bits per heavy atom. The van der Waals surface area contributed by atoms with E-state index in [9.17, 15) is 10.2 Å². The van der Waals surface area contributed by atoms with E-state index in [4.69, 9.17) is 0 Å². The van der Waals surface area contributed by atoms with Gasteiger partial charge in [-0.2, -0.15) is 5.10 Å². The summed E-state index contributed by atoms with van der Waals surface area (Å²) in [6.45, 7) is 7.41. The molecule has 1 aromatic heterocycles. The molecule has 24 heavy (non-hydrogen) atoms. The Bertz CT molecular complexity index is 672. The normalized spacial score (nSPS) is 22.0. The van der Waals surface area contributed by atoms with Gasteiger partial charge in [-0.25, -0.2) is 9.67 Å². The SMILES string of the molecule is Cc1cc(C)c(Cn2cncn2)cc1CN1CC[C@H](CO)[C@@H](O)C1. The molecule has 3 rings (SSSR count). The Labute approximate surface area is 142 Å². The van der Waals surface area contributed by atoms with Crippen molar-refractivity contribution in [3.63, 3.8) is 0 Å². The summed E-state index contributed by atoms with van der Waals surface area (Å²) in [5.41, 5.74) is 5.05. The first-order valence-electron chi connectivity index (χ1n) is 8.49. The molecule has 2 aromatic rings. The highest BCUT2D eigenvalue weighted by Gasteiger charge is 2.27. The lowest BCUT2D eigenvalue weighted by Crippen LogP contribution is -2.44. The summed E-state index contributed by atoms with van der Waals surface area (Å²) in [6.07, 6.45) is 3.68. The lowest BCUT2D eigenvalue weighted by Gasteiger charge is -2.35. The maximum Gasteiger partial charge on any atom is 0.137 e. The number of β-amino-alcohol motifs (C(OH)–C–C–N with tert-alkyl or cyclic N) is 1. The average molecular weight is 330 g/mol.